The maximum Gasteiger partial charge on any atom is 0.298 e. The number of furan rings is 1. The topological polar surface area (TPSA) is 55.4 Å². The molecule has 0 saturated heterocycles. The van der Waals surface area contributed by atoms with Crippen molar-refractivity contribution >= 4 is 44.3 Å². The third-order valence-corrected chi connectivity index (χ3v) is 5.42. The fraction of sp³-hybridized carbons (Fsp3) is 0.0952. The summed E-state index contributed by atoms with van der Waals surface area (Å²) in [7, 11) is 0. The molecule has 0 bridgehead atoms. The van der Waals surface area contributed by atoms with Gasteiger partial charge in [-0.3, -0.25) is 9.36 Å². The van der Waals surface area contributed by atoms with Crippen molar-refractivity contribution < 1.29 is 14.3 Å². The summed E-state index contributed by atoms with van der Waals surface area (Å²) < 4.78 is 8.26. The molecule has 4 nitrogen and oxygen atoms in total. The molecule has 1 N–H and O–H groups in total. The lowest BCUT2D eigenvalue weighted by Gasteiger charge is -2.05. The molecule has 0 spiro atoms. The largest absolute Gasteiger partial charge is 0.451 e. The summed E-state index contributed by atoms with van der Waals surface area (Å²) in [5.74, 6) is 0.438. The monoisotopic (exact) mass is 443 g/mol. The summed E-state index contributed by atoms with van der Waals surface area (Å²) in [6.45, 7) is 1.68. The Morgan fingerprint density at radius 2 is 1.96 bits per heavy atom. The van der Waals surface area contributed by atoms with Crippen LogP contribution in [-0.4, -0.2) is 15.6 Å². The van der Waals surface area contributed by atoms with E-state index in [1.165, 1.54) is 0 Å². The molecular weight excluding hydrogens is 430 g/mol. The second-order valence-corrected chi connectivity index (χ2v) is 7.49. The molecule has 4 aromatic rings. The maximum atomic E-state index is 13.1. The number of carbonyl (C=O) groups is 1. The summed E-state index contributed by atoms with van der Waals surface area (Å²) in [4.78, 5) is 13.1. The first-order chi connectivity index (χ1) is 13.0. The summed E-state index contributed by atoms with van der Waals surface area (Å²) >= 11 is 9.66. The number of carbonyl (C=O) groups excluding carboxylic acids is 1. The number of benzene rings is 2. The Kier molecular flexibility index (Phi) is 4.68. The minimum absolute atomic E-state index is 0.134. The van der Waals surface area contributed by atoms with Gasteiger partial charge in [0.25, 0.3) is 5.91 Å². The first kappa shape index (κ1) is 18.0. The van der Waals surface area contributed by atoms with E-state index in [4.69, 9.17) is 16.0 Å². The molecular formula is C21H15BrClNO3. The van der Waals surface area contributed by atoms with Gasteiger partial charge in [0.05, 0.1) is 17.1 Å². The van der Waals surface area contributed by atoms with E-state index >= 15 is 0 Å². The fourth-order valence-corrected chi connectivity index (χ4v) is 4.06. The molecule has 0 aliphatic carbocycles. The van der Waals surface area contributed by atoms with Crippen molar-refractivity contribution in [2.75, 3.05) is 0 Å². The van der Waals surface area contributed by atoms with Crippen LogP contribution in [0.3, 0.4) is 0 Å². The van der Waals surface area contributed by atoms with Crippen LogP contribution in [0.4, 0.5) is 0 Å². The Labute approximate surface area is 169 Å². The van der Waals surface area contributed by atoms with Crippen LogP contribution in [0, 0.1) is 6.92 Å². The lowest BCUT2D eigenvalue weighted by atomic mass is 10.1. The second kappa shape index (κ2) is 7.00. The van der Waals surface area contributed by atoms with Gasteiger partial charge in [-0.25, -0.2) is 0 Å². The van der Waals surface area contributed by atoms with Crippen molar-refractivity contribution in [3.05, 3.63) is 81.1 Å². The number of aliphatic hydroxyl groups is 1. The molecule has 0 unspecified atom stereocenters. The van der Waals surface area contributed by atoms with Crippen molar-refractivity contribution in [2.45, 2.75) is 13.5 Å². The maximum absolute atomic E-state index is 13.1. The Hall–Kier alpha value is -2.34. The zero-order valence-electron chi connectivity index (χ0n) is 14.4. The van der Waals surface area contributed by atoms with Crippen molar-refractivity contribution in [3.63, 3.8) is 0 Å². The van der Waals surface area contributed by atoms with Crippen LogP contribution in [0.1, 0.15) is 21.8 Å². The molecule has 0 fully saturated rings. The molecule has 0 aliphatic rings. The van der Waals surface area contributed by atoms with Crippen LogP contribution in [0.15, 0.2) is 63.5 Å². The molecule has 27 heavy (non-hydrogen) atoms. The Balaban J connectivity index is 1.80. The molecule has 0 atom stereocenters. The standard InChI is InChI=1S/C21H15BrClNO3/c1-12-16(11-25)14-4-2-3-5-18(14)24(12)21(26)20-9-8-19(27-20)15-7-6-13(22)10-17(15)23/h2-10,25H,11H2,1H3. The average molecular weight is 445 g/mol. The SMILES string of the molecule is Cc1c(CO)c2ccccc2n1C(=O)c1ccc(-c2ccc(Br)cc2Cl)o1. The molecule has 0 radical (unpaired) electrons. The van der Waals surface area contributed by atoms with E-state index < -0.39 is 0 Å². The number of aromatic nitrogens is 1. The van der Waals surface area contributed by atoms with E-state index in [1.807, 2.05) is 43.3 Å². The van der Waals surface area contributed by atoms with Gasteiger partial charge in [-0.2, -0.15) is 0 Å². The van der Waals surface area contributed by atoms with E-state index in [2.05, 4.69) is 15.9 Å². The zero-order valence-corrected chi connectivity index (χ0v) is 16.7. The predicted molar refractivity (Wildman–Crippen MR) is 109 cm³/mol. The first-order valence-electron chi connectivity index (χ1n) is 8.31. The van der Waals surface area contributed by atoms with Gasteiger partial charge in [0.15, 0.2) is 5.76 Å². The molecule has 0 amide bonds. The molecule has 4 rings (SSSR count). The highest BCUT2D eigenvalue weighted by molar-refractivity contribution is 9.10. The molecule has 6 heteroatoms. The van der Waals surface area contributed by atoms with Crippen LogP contribution in [0.2, 0.25) is 5.02 Å². The Morgan fingerprint density at radius 1 is 1.19 bits per heavy atom. The Bertz CT molecular complexity index is 1180. The minimum Gasteiger partial charge on any atom is -0.451 e. The van der Waals surface area contributed by atoms with E-state index in [-0.39, 0.29) is 18.3 Å². The van der Waals surface area contributed by atoms with E-state index in [1.54, 1.807) is 22.8 Å². The van der Waals surface area contributed by atoms with Crippen molar-refractivity contribution in [3.8, 4) is 11.3 Å². The van der Waals surface area contributed by atoms with Crippen molar-refractivity contribution in [1.29, 1.82) is 0 Å². The predicted octanol–water partition coefficient (Wildman–Crippen LogP) is 5.81. The molecule has 0 saturated carbocycles. The van der Waals surface area contributed by atoms with Crippen molar-refractivity contribution in [1.82, 2.24) is 4.57 Å². The van der Waals surface area contributed by atoms with Crippen LogP contribution >= 0.6 is 27.5 Å². The number of halogens is 2. The number of fused-ring (bicyclic) bond motifs is 1. The lowest BCUT2D eigenvalue weighted by molar-refractivity contribution is 0.0936. The summed E-state index contributed by atoms with van der Waals surface area (Å²) in [6.07, 6.45) is 0. The lowest BCUT2D eigenvalue weighted by Crippen LogP contribution is -2.12. The van der Waals surface area contributed by atoms with Gasteiger partial charge in [-0.05, 0) is 43.3 Å². The van der Waals surface area contributed by atoms with Crippen LogP contribution in [-0.2, 0) is 6.61 Å². The smallest absolute Gasteiger partial charge is 0.298 e. The van der Waals surface area contributed by atoms with Gasteiger partial charge in [-0.15, -0.1) is 0 Å². The fourth-order valence-electron chi connectivity index (χ4n) is 3.29. The average Bonchev–Trinajstić information content (AvgIpc) is 3.23. The summed E-state index contributed by atoms with van der Waals surface area (Å²) in [5.41, 5.74) is 2.89. The highest BCUT2D eigenvalue weighted by Crippen LogP contribution is 2.33. The number of hydrogen-bond acceptors (Lipinski definition) is 3. The van der Waals surface area contributed by atoms with Gasteiger partial charge in [0.2, 0.25) is 0 Å². The van der Waals surface area contributed by atoms with Crippen LogP contribution in [0.25, 0.3) is 22.2 Å². The highest BCUT2D eigenvalue weighted by Gasteiger charge is 2.22. The number of rotatable bonds is 3. The summed E-state index contributed by atoms with van der Waals surface area (Å²) in [5, 5.41) is 11.1. The van der Waals surface area contributed by atoms with E-state index in [0.717, 1.165) is 20.9 Å². The van der Waals surface area contributed by atoms with Crippen molar-refractivity contribution in [2.24, 2.45) is 0 Å². The van der Waals surface area contributed by atoms with E-state index in [9.17, 15) is 9.90 Å². The Morgan fingerprint density at radius 3 is 2.70 bits per heavy atom. The second-order valence-electron chi connectivity index (χ2n) is 6.17. The normalized spacial score (nSPS) is 11.3. The van der Waals surface area contributed by atoms with Crippen LogP contribution in [0.5, 0.6) is 0 Å². The molecule has 2 aromatic heterocycles. The van der Waals surface area contributed by atoms with Crippen LogP contribution < -0.4 is 0 Å². The number of para-hydroxylation sites is 1. The molecule has 0 aliphatic heterocycles. The third kappa shape index (κ3) is 3.02. The minimum atomic E-state index is -0.289. The zero-order chi connectivity index (χ0) is 19.1. The van der Waals surface area contributed by atoms with Gasteiger partial charge in [0.1, 0.15) is 5.76 Å². The summed E-state index contributed by atoms with van der Waals surface area (Å²) in [6, 6.07) is 16.3. The number of aliphatic hydroxyl groups excluding tert-OH is 1. The molecule has 2 heterocycles. The molecule has 136 valence electrons. The van der Waals surface area contributed by atoms with Gasteiger partial charge < -0.3 is 9.52 Å². The highest BCUT2D eigenvalue weighted by atomic mass is 79.9. The first-order valence-corrected chi connectivity index (χ1v) is 9.48. The van der Waals surface area contributed by atoms with Gasteiger partial charge in [-0.1, -0.05) is 45.7 Å². The van der Waals surface area contributed by atoms with Gasteiger partial charge >= 0.3 is 0 Å². The molecule has 2 aromatic carbocycles. The number of nitrogens with zero attached hydrogens (tertiary/aromatic N) is 1. The van der Waals surface area contributed by atoms with Gasteiger partial charge in [0, 0.05) is 26.7 Å². The third-order valence-electron chi connectivity index (χ3n) is 4.62. The number of hydrogen-bond donors (Lipinski definition) is 1. The van der Waals surface area contributed by atoms with E-state index in [0.29, 0.717) is 22.0 Å². The quantitative estimate of drug-likeness (QED) is 0.434.